The van der Waals surface area contributed by atoms with E-state index in [9.17, 15) is 9.59 Å². The Morgan fingerprint density at radius 3 is 2.56 bits per heavy atom. The molecule has 4 aliphatic rings. The van der Waals surface area contributed by atoms with Crippen LogP contribution in [0.4, 0.5) is 0 Å². The van der Waals surface area contributed by atoms with Crippen LogP contribution in [-0.4, -0.2) is 24.6 Å². The first-order valence-electron chi connectivity index (χ1n) is 13.1. The molecule has 0 bridgehead atoms. The number of carbonyl (C=O) groups excluding carboxylic acids is 2. The molecule has 4 aliphatic carbocycles. The van der Waals surface area contributed by atoms with Gasteiger partial charge in [0.1, 0.15) is 6.10 Å². The molecule has 3 fully saturated rings. The van der Waals surface area contributed by atoms with Gasteiger partial charge in [0, 0.05) is 13.8 Å². The van der Waals surface area contributed by atoms with Crippen LogP contribution in [0.5, 0.6) is 0 Å². The third kappa shape index (κ3) is 4.28. The zero-order valence-corrected chi connectivity index (χ0v) is 20.9. The fourth-order valence-corrected chi connectivity index (χ4v) is 8.69. The van der Waals surface area contributed by atoms with Crippen LogP contribution >= 0.6 is 0 Å². The molecule has 0 saturated heterocycles. The van der Waals surface area contributed by atoms with Crippen LogP contribution in [0.2, 0.25) is 0 Å². The van der Waals surface area contributed by atoms with Crippen LogP contribution in [-0.2, 0) is 19.1 Å². The van der Waals surface area contributed by atoms with E-state index in [0.29, 0.717) is 35.2 Å². The summed E-state index contributed by atoms with van der Waals surface area (Å²) in [5.41, 5.74) is 0.658. The highest BCUT2D eigenvalue weighted by atomic mass is 16.5. The van der Waals surface area contributed by atoms with Gasteiger partial charge in [0.15, 0.2) is 0 Å². The standard InChI is InChI=1S/C28H44O4/c1-18(7-6-16-31-19(2)29)24-10-11-25-23-9-8-21-17-22(32-20(3)30)12-14-27(21,4)26(23)13-15-28(24,25)5/h13,15,18,21-26H,6-12,14,16-17H2,1-5H3/t18-,21+,22-,23+,24+,25-,26-,27+,28-/m1/s1. The Labute approximate surface area is 194 Å². The first kappa shape index (κ1) is 23.8. The predicted octanol–water partition coefficient (Wildman–Crippen LogP) is 6.33. The summed E-state index contributed by atoms with van der Waals surface area (Å²) < 4.78 is 10.8. The lowest BCUT2D eigenvalue weighted by Crippen LogP contribution is -2.52. The Morgan fingerprint density at radius 2 is 1.84 bits per heavy atom. The number of esters is 2. The largest absolute Gasteiger partial charge is 0.466 e. The molecule has 0 unspecified atom stereocenters. The molecule has 0 aliphatic heterocycles. The lowest BCUT2D eigenvalue weighted by atomic mass is 9.46. The van der Waals surface area contributed by atoms with Gasteiger partial charge in [-0.15, -0.1) is 0 Å². The van der Waals surface area contributed by atoms with Crippen molar-refractivity contribution >= 4 is 11.9 Å². The van der Waals surface area contributed by atoms with Crippen molar-refractivity contribution in [1.29, 1.82) is 0 Å². The zero-order valence-electron chi connectivity index (χ0n) is 20.9. The van der Waals surface area contributed by atoms with Gasteiger partial charge in [-0.1, -0.05) is 32.9 Å². The summed E-state index contributed by atoms with van der Waals surface area (Å²) in [6.07, 6.45) is 16.1. The highest BCUT2D eigenvalue weighted by molar-refractivity contribution is 5.66. The first-order chi connectivity index (χ1) is 15.1. The van der Waals surface area contributed by atoms with Gasteiger partial charge in [-0.25, -0.2) is 0 Å². The average Bonchev–Trinajstić information content (AvgIpc) is 3.08. The van der Waals surface area contributed by atoms with E-state index in [1.54, 1.807) is 6.92 Å². The molecule has 0 spiro atoms. The molecule has 3 saturated carbocycles. The van der Waals surface area contributed by atoms with Crippen LogP contribution < -0.4 is 0 Å². The molecule has 0 N–H and O–H groups in total. The summed E-state index contributed by atoms with van der Waals surface area (Å²) in [6.45, 7) is 11.1. The Bertz CT molecular complexity index is 744. The second-order valence-electron chi connectivity index (χ2n) is 12.0. The topological polar surface area (TPSA) is 52.6 Å². The zero-order chi connectivity index (χ0) is 23.1. The average molecular weight is 445 g/mol. The number of hydrogen-bond donors (Lipinski definition) is 0. The molecular weight excluding hydrogens is 400 g/mol. The molecule has 0 radical (unpaired) electrons. The van der Waals surface area contributed by atoms with Crippen molar-refractivity contribution in [2.75, 3.05) is 6.61 Å². The lowest BCUT2D eigenvalue weighted by molar-refractivity contribution is -0.154. The Balaban J connectivity index is 1.45. The second-order valence-corrected chi connectivity index (χ2v) is 12.0. The van der Waals surface area contributed by atoms with Crippen LogP contribution in [0, 0.1) is 46.3 Å². The van der Waals surface area contributed by atoms with Crippen molar-refractivity contribution in [3.05, 3.63) is 12.2 Å². The molecule has 0 aromatic heterocycles. The summed E-state index contributed by atoms with van der Waals surface area (Å²) in [6, 6.07) is 0. The van der Waals surface area contributed by atoms with Crippen molar-refractivity contribution in [2.24, 2.45) is 46.3 Å². The number of hydrogen-bond acceptors (Lipinski definition) is 4. The van der Waals surface area contributed by atoms with Gasteiger partial charge in [0.2, 0.25) is 0 Å². The van der Waals surface area contributed by atoms with E-state index < -0.39 is 0 Å². The van der Waals surface area contributed by atoms with Gasteiger partial charge in [0.25, 0.3) is 0 Å². The van der Waals surface area contributed by atoms with Crippen LogP contribution in [0.3, 0.4) is 0 Å². The van der Waals surface area contributed by atoms with Crippen molar-refractivity contribution in [2.45, 2.75) is 98.5 Å². The Kier molecular flexibility index (Phi) is 6.81. The van der Waals surface area contributed by atoms with Gasteiger partial charge in [-0.05, 0) is 104 Å². The fourth-order valence-electron chi connectivity index (χ4n) is 8.69. The van der Waals surface area contributed by atoms with E-state index in [2.05, 4.69) is 32.9 Å². The number of allylic oxidation sites excluding steroid dienone is 2. The molecule has 4 heteroatoms. The molecule has 4 rings (SSSR count). The summed E-state index contributed by atoms with van der Waals surface area (Å²) in [5.74, 6) is 4.04. The molecule has 0 amide bonds. The van der Waals surface area contributed by atoms with E-state index >= 15 is 0 Å². The minimum absolute atomic E-state index is 0.125. The molecule has 4 nitrogen and oxygen atoms in total. The predicted molar refractivity (Wildman–Crippen MR) is 126 cm³/mol. The highest BCUT2D eigenvalue weighted by Gasteiger charge is 2.58. The molecule has 32 heavy (non-hydrogen) atoms. The van der Waals surface area contributed by atoms with E-state index in [1.165, 1.54) is 39.0 Å². The minimum atomic E-state index is -0.169. The van der Waals surface area contributed by atoms with Crippen molar-refractivity contribution in [1.82, 2.24) is 0 Å². The smallest absolute Gasteiger partial charge is 0.302 e. The Hall–Kier alpha value is -1.32. The summed E-state index contributed by atoms with van der Waals surface area (Å²) in [5, 5.41) is 0. The lowest BCUT2D eigenvalue weighted by Gasteiger charge is -2.59. The van der Waals surface area contributed by atoms with Gasteiger partial charge >= 0.3 is 11.9 Å². The Morgan fingerprint density at radius 1 is 1.06 bits per heavy atom. The number of carbonyl (C=O) groups is 2. The van der Waals surface area contributed by atoms with E-state index in [4.69, 9.17) is 9.47 Å². The molecule has 9 atom stereocenters. The van der Waals surface area contributed by atoms with Gasteiger partial charge < -0.3 is 9.47 Å². The van der Waals surface area contributed by atoms with E-state index in [1.807, 2.05) is 0 Å². The van der Waals surface area contributed by atoms with E-state index in [-0.39, 0.29) is 18.0 Å². The maximum atomic E-state index is 11.5. The fraction of sp³-hybridized carbons (Fsp3) is 0.857. The van der Waals surface area contributed by atoms with Gasteiger partial charge in [-0.3, -0.25) is 9.59 Å². The van der Waals surface area contributed by atoms with Crippen LogP contribution in [0.15, 0.2) is 12.2 Å². The summed E-state index contributed by atoms with van der Waals surface area (Å²) in [7, 11) is 0. The molecule has 0 aromatic carbocycles. The maximum absolute atomic E-state index is 11.5. The van der Waals surface area contributed by atoms with Crippen molar-refractivity contribution < 1.29 is 19.1 Å². The van der Waals surface area contributed by atoms with Gasteiger partial charge in [-0.2, -0.15) is 0 Å². The molecular formula is C28H44O4. The number of rotatable bonds is 6. The molecule has 180 valence electrons. The van der Waals surface area contributed by atoms with Crippen LogP contribution in [0.1, 0.15) is 92.4 Å². The third-order valence-corrected chi connectivity index (χ3v) is 10.3. The first-order valence-corrected chi connectivity index (χ1v) is 13.1. The highest BCUT2D eigenvalue weighted by Crippen LogP contribution is 2.66. The summed E-state index contributed by atoms with van der Waals surface area (Å²) >= 11 is 0. The second kappa shape index (κ2) is 9.14. The maximum Gasteiger partial charge on any atom is 0.302 e. The molecule has 0 heterocycles. The molecule has 0 aromatic rings. The van der Waals surface area contributed by atoms with Gasteiger partial charge in [0.05, 0.1) is 6.61 Å². The summed E-state index contributed by atoms with van der Waals surface area (Å²) in [4.78, 5) is 22.5. The van der Waals surface area contributed by atoms with Crippen molar-refractivity contribution in [3.8, 4) is 0 Å². The monoisotopic (exact) mass is 444 g/mol. The normalized spacial score (nSPS) is 43.5. The van der Waals surface area contributed by atoms with E-state index in [0.717, 1.165) is 43.4 Å². The minimum Gasteiger partial charge on any atom is -0.466 e. The number of fused-ring (bicyclic) bond motifs is 5. The quantitative estimate of drug-likeness (QED) is 0.273. The van der Waals surface area contributed by atoms with Crippen LogP contribution in [0.25, 0.3) is 0 Å². The number of ether oxygens (including phenoxy) is 2. The third-order valence-electron chi connectivity index (χ3n) is 10.3. The SMILES string of the molecule is CC(=O)OCCC[C@@H](C)[C@@H]1CC[C@@H]2[C@@H]3CC[C@H]4C[C@H](OC(C)=O)CC[C@]4(C)[C@@H]3C=C[C@@]21C. The van der Waals surface area contributed by atoms with Crippen molar-refractivity contribution in [3.63, 3.8) is 0 Å².